The molecule has 0 saturated heterocycles. The van der Waals surface area contributed by atoms with Crippen LogP contribution in [0.4, 0.5) is 0 Å². The number of aliphatic hydroxyl groups is 1. The van der Waals surface area contributed by atoms with E-state index in [-0.39, 0.29) is 19.1 Å². The number of fused-ring (bicyclic) bond motifs is 1. The fraction of sp³-hybridized carbons (Fsp3) is 0.273. The number of aryl methyl sites for hydroxylation is 1. The fourth-order valence-electron chi connectivity index (χ4n) is 1.71. The van der Waals surface area contributed by atoms with Crippen molar-refractivity contribution in [2.45, 2.75) is 6.92 Å². The highest BCUT2D eigenvalue weighted by Gasteiger charge is 2.18. The molecule has 0 fully saturated rings. The van der Waals surface area contributed by atoms with E-state index in [2.05, 4.69) is 10.3 Å². The lowest BCUT2D eigenvalue weighted by Crippen LogP contribution is -2.28. The molecule has 5 nitrogen and oxygen atoms in total. The number of halogens is 2. The Balaban J connectivity index is 2.56. The van der Waals surface area contributed by atoms with Gasteiger partial charge in [0.2, 0.25) is 0 Å². The van der Waals surface area contributed by atoms with Gasteiger partial charge in [0, 0.05) is 12.7 Å². The van der Waals surface area contributed by atoms with Crippen LogP contribution in [0.1, 0.15) is 16.2 Å². The number of nitrogens with one attached hydrogen (secondary N) is 1. The van der Waals surface area contributed by atoms with Crippen LogP contribution in [0, 0.1) is 6.92 Å². The molecule has 0 unspecified atom stereocenters. The van der Waals surface area contributed by atoms with Gasteiger partial charge in [0.25, 0.3) is 5.91 Å². The molecule has 0 aliphatic rings. The first kappa shape index (κ1) is 13.1. The molecule has 0 spiro atoms. The second kappa shape index (κ2) is 5.14. The molecule has 0 aliphatic carbocycles. The Morgan fingerprint density at radius 3 is 2.94 bits per heavy atom. The van der Waals surface area contributed by atoms with E-state index in [4.69, 9.17) is 28.3 Å². The van der Waals surface area contributed by atoms with Crippen molar-refractivity contribution in [3.63, 3.8) is 0 Å². The highest BCUT2D eigenvalue weighted by molar-refractivity contribution is 6.36. The molecule has 0 saturated carbocycles. The van der Waals surface area contributed by atoms with E-state index in [9.17, 15) is 4.79 Å². The molecule has 2 rings (SSSR count). The summed E-state index contributed by atoms with van der Waals surface area (Å²) in [6, 6.07) is 1.57. The van der Waals surface area contributed by atoms with Gasteiger partial charge in [0.15, 0.2) is 5.65 Å². The summed E-state index contributed by atoms with van der Waals surface area (Å²) < 4.78 is 1.55. The third kappa shape index (κ3) is 2.29. The van der Waals surface area contributed by atoms with Crippen LogP contribution in [0.3, 0.4) is 0 Å². The van der Waals surface area contributed by atoms with Gasteiger partial charge in [-0.3, -0.25) is 9.20 Å². The van der Waals surface area contributed by atoms with Crippen LogP contribution >= 0.6 is 23.2 Å². The highest BCUT2D eigenvalue weighted by Crippen LogP contribution is 2.24. The van der Waals surface area contributed by atoms with E-state index in [1.165, 1.54) is 0 Å². The molecule has 0 aromatic carbocycles. The first-order chi connectivity index (χ1) is 8.54. The number of imidazole rings is 1. The minimum absolute atomic E-state index is 0.122. The average molecular weight is 288 g/mol. The zero-order valence-electron chi connectivity index (χ0n) is 9.57. The summed E-state index contributed by atoms with van der Waals surface area (Å²) in [6.45, 7) is 1.77. The first-order valence-corrected chi connectivity index (χ1v) is 6.03. The van der Waals surface area contributed by atoms with Gasteiger partial charge in [-0.25, -0.2) is 4.98 Å². The van der Waals surface area contributed by atoms with E-state index in [1.54, 1.807) is 23.6 Å². The van der Waals surface area contributed by atoms with Crippen molar-refractivity contribution in [3.8, 4) is 0 Å². The van der Waals surface area contributed by atoms with Gasteiger partial charge >= 0.3 is 0 Å². The number of pyridine rings is 1. The smallest absolute Gasteiger partial charge is 0.270 e. The Bertz CT molecular complexity index is 610. The van der Waals surface area contributed by atoms with Gasteiger partial charge in [-0.15, -0.1) is 0 Å². The maximum Gasteiger partial charge on any atom is 0.270 e. The molecule has 2 aromatic heterocycles. The van der Waals surface area contributed by atoms with E-state index in [1.807, 2.05) is 0 Å². The predicted octanol–water partition coefficient (Wildman–Crippen LogP) is 1.67. The number of carbonyl (C=O) groups excluding carboxylic acids is 1. The van der Waals surface area contributed by atoms with Crippen molar-refractivity contribution in [1.82, 2.24) is 14.7 Å². The van der Waals surface area contributed by atoms with Crippen molar-refractivity contribution in [3.05, 3.63) is 33.7 Å². The molecule has 2 heterocycles. The zero-order chi connectivity index (χ0) is 13.3. The fourth-order valence-corrected chi connectivity index (χ4v) is 2.23. The summed E-state index contributed by atoms with van der Waals surface area (Å²) in [5.74, 6) is -0.326. The number of carbonyl (C=O) groups is 1. The van der Waals surface area contributed by atoms with Crippen LogP contribution < -0.4 is 5.32 Å². The average Bonchev–Trinajstić information content (AvgIpc) is 2.63. The molecule has 0 atom stereocenters. The van der Waals surface area contributed by atoms with Crippen LogP contribution in [-0.4, -0.2) is 33.6 Å². The predicted molar refractivity (Wildman–Crippen MR) is 69.4 cm³/mol. The van der Waals surface area contributed by atoms with Gasteiger partial charge < -0.3 is 10.4 Å². The topological polar surface area (TPSA) is 66.6 Å². The molecule has 1 amide bonds. The summed E-state index contributed by atoms with van der Waals surface area (Å²) in [6.07, 6.45) is 1.58. The standard InChI is InChI=1S/C11H11Cl2N3O2/c1-6-9(11(18)14-2-3-17)16-5-7(12)4-8(13)10(16)15-6/h4-5,17H,2-3H2,1H3,(H,14,18). The maximum absolute atomic E-state index is 12.0. The number of amides is 1. The molecule has 2 aromatic rings. The van der Waals surface area contributed by atoms with E-state index in [0.29, 0.717) is 27.1 Å². The maximum atomic E-state index is 12.0. The van der Waals surface area contributed by atoms with Gasteiger partial charge in [-0.05, 0) is 13.0 Å². The van der Waals surface area contributed by atoms with Crippen LogP contribution in [0.2, 0.25) is 10.0 Å². The van der Waals surface area contributed by atoms with Crippen molar-refractivity contribution in [1.29, 1.82) is 0 Å². The number of aliphatic hydroxyl groups excluding tert-OH is 1. The van der Waals surface area contributed by atoms with Crippen LogP contribution in [0.5, 0.6) is 0 Å². The minimum Gasteiger partial charge on any atom is -0.395 e. The summed E-state index contributed by atoms with van der Waals surface area (Å²) >= 11 is 11.9. The van der Waals surface area contributed by atoms with E-state index in [0.717, 1.165) is 0 Å². The molecule has 96 valence electrons. The third-order valence-electron chi connectivity index (χ3n) is 2.43. The first-order valence-electron chi connectivity index (χ1n) is 5.27. The molecule has 2 N–H and O–H groups in total. The Morgan fingerprint density at radius 1 is 1.56 bits per heavy atom. The molecule has 0 radical (unpaired) electrons. The monoisotopic (exact) mass is 287 g/mol. The second-order valence-electron chi connectivity index (χ2n) is 3.73. The normalized spacial score (nSPS) is 10.9. The molecular weight excluding hydrogens is 277 g/mol. The molecule has 0 aliphatic heterocycles. The van der Waals surface area contributed by atoms with Crippen LogP contribution in [0.25, 0.3) is 5.65 Å². The number of hydrogen-bond donors (Lipinski definition) is 2. The Hall–Kier alpha value is -1.30. The van der Waals surface area contributed by atoms with Gasteiger partial charge in [-0.2, -0.15) is 0 Å². The number of hydrogen-bond acceptors (Lipinski definition) is 3. The van der Waals surface area contributed by atoms with Crippen molar-refractivity contribution >= 4 is 34.8 Å². The lowest BCUT2D eigenvalue weighted by molar-refractivity contribution is 0.0938. The Labute approximate surface area is 113 Å². The highest BCUT2D eigenvalue weighted by atomic mass is 35.5. The Morgan fingerprint density at radius 2 is 2.28 bits per heavy atom. The van der Waals surface area contributed by atoms with Crippen molar-refractivity contribution in [2.75, 3.05) is 13.2 Å². The SMILES string of the molecule is Cc1nc2c(Cl)cc(Cl)cn2c1C(=O)NCCO. The van der Waals surface area contributed by atoms with Crippen LogP contribution in [-0.2, 0) is 0 Å². The largest absolute Gasteiger partial charge is 0.395 e. The minimum atomic E-state index is -0.326. The van der Waals surface area contributed by atoms with Crippen molar-refractivity contribution < 1.29 is 9.90 Å². The van der Waals surface area contributed by atoms with Gasteiger partial charge in [-0.1, -0.05) is 23.2 Å². The number of nitrogens with zero attached hydrogens (tertiary/aromatic N) is 2. The Kier molecular flexibility index (Phi) is 3.75. The quantitative estimate of drug-likeness (QED) is 0.903. The number of aromatic nitrogens is 2. The second-order valence-corrected chi connectivity index (χ2v) is 4.57. The van der Waals surface area contributed by atoms with E-state index < -0.39 is 0 Å². The van der Waals surface area contributed by atoms with Gasteiger partial charge in [0.1, 0.15) is 5.69 Å². The molecule has 0 bridgehead atoms. The molecule has 18 heavy (non-hydrogen) atoms. The van der Waals surface area contributed by atoms with Crippen LogP contribution in [0.15, 0.2) is 12.3 Å². The summed E-state index contributed by atoms with van der Waals surface area (Å²) in [4.78, 5) is 16.2. The summed E-state index contributed by atoms with van der Waals surface area (Å²) in [5.41, 5.74) is 1.39. The molecule has 7 heteroatoms. The lowest BCUT2D eigenvalue weighted by Gasteiger charge is -2.05. The van der Waals surface area contributed by atoms with Gasteiger partial charge in [0.05, 0.1) is 22.3 Å². The number of rotatable bonds is 3. The summed E-state index contributed by atoms with van der Waals surface area (Å²) in [5, 5.41) is 12.1. The van der Waals surface area contributed by atoms with Crippen molar-refractivity contribution in [2.24, 2.45) is 0 Å². The summed E-state index contributed by atoms with van der Waals surface area (Å²) in [7, 11) is 0. The third-order valence-corrected chi connectivity index (χ3v) is 2.91. The zero-order valence-corrected chi connectivity index (χ0v) is 11.1. The lowest BCUT2D eigenvalue weighted by atomic mass is 10.3. The van der Waals surface area contributed by atoms with E-state index >= 15 is 0 Å². The molecular formula is C11H11Cl2N3O2.